The van der Waals surface area contributed by atoms with Gasteiger partial charge in [-0.1, -0.05) is 13.3 Å². The number of hydrazine groups is 1. The Morgan fingerprint density at radius 3 is 2.35 bits per heavy atom. The molecule has 0 atom stereocenters. The van der Waals surface area contributed by atoms with Gasteiger partial charge in [-0.25, -0.2) is 10.2 Å². The Bertz CT molecular complexity index is 300. The largest absolute Gasteiger partial charge is 0.333 e. The number of carbonyl (C=O) groups excluding carboxylic acids is 1. The average Bonchev–Trinajstić information content (AvgIpc) is 2.57. The van der Waals surface area contributed by atoms with Gasteiger partial charge in [0, 0.05) is 0 Å². The van der Waals surface area contributed by atoms with Crippen LogP contribution in [0.25, 0.3) is 0 Å². The molecule has 0 unspecified atom stereocenters. The predicted octanol–water partition coefficient (Wildman–Crippen LogP) is 2.61. The van der Waals surface area contributed by atoms with E-state index in [0.717, 1.165) is 18.8 Å². The Kier molecular flexibility index (Phi) is 3.10. The smallest absolute Gasteiger partial charge is 0.317 e. The maximum Gasteiger partial charge on any atom is 0.333 e. The van der Waals surface area contributed by atoms with Crippen molar-refractivity contribution in [3.8, 4) is 0 Å². The Balaban J connectivity index is 2.04. The number of hydrogen-bond donors (Lipinski definition) is 2. The summed E-state index contributed by atoms with van der Waals surface area (Å²) in [6.07, 6.45) is 5.77. The first kappa shape index (κ1) is 12.7. The number of nitrogens with zero attached hydrogens (tertiary/aromatic N) is 1. The van der Waals surface area contributed by atoms with E-state index in [4.69, 9.17) is 0 Å². The lowest BCUT2D eigenvalue weighted by Gasteiger charge is -2.38. The minimum Gasteiger partial charge on any atom is -0.317 e. The molecule has 2 N–H and O–H groups in total. The molecule has 2 aliphatic rings. The van der Waals surface area contributed by atoms with Gasteiger partial charge < -0.3 is 5.32 Å². The van der Waals surface area contributed by atoms with Crippen molar-refractivity contribution in [2.24, 2.45) is 5.92 Å². The summed E-state index contributed by atoms with van der Waals surface area (Å²) in [4.78, 5) is 12.0. The van der Waals surface area contributed by atoms with Crippen LogP contribution >= 0.6 is 0 Å². The van der Waals surface area contributed by atoms with Gasteiger partial charge in [0.15, 0.2) is 0 Å². The van der Waals surface area contributed by atoms with Crippen molar-refractivity contribution in [3.63, 3.8) is 0 Å². The van der Waals surface area contributed by atoms with Crippen LogP contribution in [0.3, 0.4) is 0 Å². The van der Waals surface area contributed by atoms with Crippen LogP contribution in [0.4, 0.5) is 4.79 Å². The summed E-state index contributed by atoms with van der Waals surface area (Å²) >= 11 is 0. The van der Waals surface area contributed by atoms with Crippen LogP contribution in [-0.2, 0) is 0 Å². The molecule has 1 saturated carbocycles. The Labute approximate surface area is 104 Å². The lowest BCUT2D eigenvalue weighted by molar-refractivity contribution is 0.0800. The zero-order valence-corrected chi connectivity index (χ0v) is 11.5. The first-order valence-corrected chi connectivity index (χ1v) is 6.76. The third-order valence-corrected chi connectivity index (χ3v) is 4.08. The molecule has 4 nitrogen and oxygen atoms in total. The minimum absolute atomic E-state index is 0.0208. The van der Waals surface area contributed by atoms with Gasteiger partial charge in [-0.3, -0.25) is 5.01 Å². The molecule has 0 aromatic heterocycles. The van der Waals surface area contributed by atoms with E-state index in [1.807, 2.05) is 0 Å². The molecule has 1 spiro atoms. The summed E-state index contributed by atoms with van der Waals surface area (Å²) in [5, 5.41) is 4.90. The van der Waals surface area contributed by atoms with Crippen LogP contribution in [-0.4, -0.2) is 22.2 Å². The van der Waals surface area contributed by atoms with E-state index in [0.29, 0.717) is 0 Å². The van der Waals surface area contributed by atoms with Gasteiger partial charge in [-0.05, 0) is 52.4 Å². The number of carbonyl (C=O) groups is 1. The molecular formula is C13H25N3O. The summed E-state index contributed by atoms with van der Waals surface area (Å²) in [7, 11) is 0. The number of rotatable bonds is 1. The Morgan fingerprint density at radius 1 is 1.35 bits per heavy atom. The molecule has 4 heteroatoms. The zero-order valence-electron chi connectivity index (χ0n) is 11.5. The molecule has 0 radical (unpaired) electrons. The standard InChI is InChI=1S/C13H25N3O/c1-5-10-6-8-13(9-7-10)14-11(17)16(15-13)12(2,3)4/h10,15H,5-9H2,1-4H3,(H,14,17). The third-order valence-electron chi connectivity index (χ3n) is 4.08. The predicted molar refractivity (Wildman–Crippen MR) is 68.2 cm³/mol. The summed E-state index contributed by atoms with van der Waals surface area (Å²) in [6, 6.07) is 0.0208. The Morgan fingerprint density at radius 2 is 1.94 bits per heavy atom. The van der Waals surface area contributed by atoms with E-state index in [9.17, 15) is 4.79 Å². The quantitative estimate of drug-likeness (QED) is 0.738. The number of urea groups is 1. The second kappa shape index (κ2) is 4.16. The molecular weight excluding hydrogens is 214 g/mol. The maximum atomic E-state index is 12.0. The van der Waals surface area contributed by atoms with Crippen molar-refractivity contribution < 1.29 is 4.79 Å². The second-order valence-electron chi connectivity index (χ2n) is 6.48. The minimum atomic E-state index is -0.171. The van der Waals surface area contributed by atoms with Crippen molar-refractivity contribution in [2.45, 2.75) is 71.0 Å². The van der Waals surface area contributed by atoms with Crippen LogP contribution in [0.1, 0.15) is 59.8 Å². The van der Waals surface area contributed by atoms with Gasteiger partial charge in [-0.15, -0.1) is 0 Å². The molecule has 17 heavy (non-hydrogen) atoms. The number of nitrogens with one attached hydrogen (secondary N) is 2. The molecule has 2 fully saturated rings. The molecule has 0 aromatic rings. The van der Waals surface area contributed by atoms with Crippen molar-refractivity contribution in [1.29, 1.82) is 0 Å². The van der Waals surface area contributed by atoms with E-state index < -0.39 is 0 Å². The van der Waals surface area contributed by atoms with E-state index in [2.05, 4.69) is 38.4 Å². The molecule has 0 aromatic carbocycles. The highest BCUT2D eigenvalue weighted by Crippen LogP contribution is 2.35. The first-order chi connectivity index (χ1) is 7.86. The Hall–Kier alpha value is -0.770. The van der Waals surface area contributed by atoms with Gasteiger partial charge >= 0.3 is 6.03 Å². The number of hydrogen-bond acceptors (Lipinski definition) is 2. The van der Waals surface area contributed by atoms with Crippen LogP contribution in [0.2, 0.25) is 0 Å². The molecule has 1 aliphatic heterocycles. The van der Waals surface area contributed by atoms with Crippen LogP contribution in [0.5, 0.6) is 0 Å². The third kappa shape index (κ3) is 2.41. The first-order valence-electron chi connectivity index (χ1n) is 6.76. The highest BCUT2D eigenvalue weighted by Gasteiger charge is 2.47. The fourth-order valence-corrected chi connectivity index (χ4v) is 2.84. The monoisotopic (exact) mass is 239 g/mol. The van der Waals surface area contributed by atoms with Crippen molar-refractivity contribution in [1.82, 2.24) is 15.8 Å². The highest BCUT2D eigenvalue weighted by atomic mass is 16.2. The molecule has 2 rings (SSSR count). The fraction of sp³-hybridized carbons (Fsp3) is 0.923. The molecule has 1 heterocycles. The lowest BCUT2D eigenvalue weighted by atomic mass is 9.81. The van der Waals surface area contributed by atoms with E-state index in [1.54, 1.807) is 5.01 Å². The molecule has 1 saturated heterocycles. The van der Waals surface area contributed by atoms with Gasteiger partial charge in [0.2, 0.25) is 0 Å². The second-order valence-corrected chi connectivity index (χ2v) is 6.48. The maximum absolute atomic E-state index is 12.0. The molecule has 0 bridgehead atoms. The topological polar surface area (TPSA) is 44.4 Å². The van der Waals surface area contributed by atoms with Gasteiger partial charge in [0.05, 0.1) is 5.54 Å². The lowest BCUT2D eigenvalue weighted by Crippen LogP contribution is -2.56. The average molecular weight is 239 g/mol. The van der Waals surface area contributed by atoms with E-state index in [-0.39, 0.29) is 17.2 Å². The SMILES string of the molecule is CCC1CCC2(CC1)NC(=O)N(C(C)(C)C)N2. The summed E-state index contributed by atoms with van der Waals surface area (Å²) in [6.45, 7) is 8.41. The highest BCUT2D eigenvalue weighted by molar-refractivity contribution is 5.77. The van der Waals surface area contributed by atoms with Crippen LogP contribution in [0.15, 0.2) is 0 Å². The fourth-order valence-electron chi connectivity index (χ4n) is 2.84. The van der Waals surface area contributed by atoms with Gasteiger partial charge in [0.25, 0.3) is 0 Å². The van der Waals surface area contributed by atoms with E-state index >= 15 is 0 Å². The van der Waals surface area contributed by atoms with Crippen molar-refractivity contribution in [3.05, 3.63) is 0 Å². The van der Waals surface area contributed by atoms with E-state index in [1.165, 1.54) is 19.3 Å². The van der Waals surface area contributed by atoms with Crippen LogP contribution in [0, 0.1) is 5.92 Å². The normalized spacial score (nSPS) is 34.2. The van der Waals surface area contributed by atoms with Crippen LogP contribution < -0.4 is 10.7 Å². The van der Waals surface area contributed by atoms with Gasteiger partial charge in [-0.2, -0.15) is 0 Å². The summed E-state index contributed by atoms with van der Waals surface area (Å²) < 4.78 is 0. The van der Waals surface area contributed by atoms with Gasteiger partial charge in [0.1, 0.15) is 5.66 Å². The van der Waals surface area contributed by atoms with Crippen molar-refractivity contribution in [2.75, 3.05) is 0 Å². The molecule has 1 aliphatic carbocycles. The summed E-state index contributed by atoms with van der Waals surface area (Å²) in [5.41, 5.74) is 3.07. The summed E-state index contributed by atoms with van der Waals surface area (Å²) in [5.74, 6) is 0.836. The zero-order chi connectivity index (χ0) is 12.7. The number of amides is 2. The molecule has 98 valence electrons. The molecule has 2 amide bonds. The van der Waals surface area contributed by atoms with Crippen molar-refractivity contribution >= 4 is 6.03 Å².